The number of nitrogens with zero attached hydrogens (tertiary/aromatic N) is 1. The first-order chi connectivity index (χ1) is 11.7. The molecule has 0 spiro atoms. The van der Waals surface area contributed by atoms with E-state index in [4.69, 9.17) is 0 Å². The van der Waals surface area contributed by atoms with Crippen molar-refractivity contribution in [1.82, 2.24) is 5.32 Å². The van der Waals surface area contributed by atoms with Gasteiger partial charge in [0.15, 0.2) is 0 Å². The Morgan fingerprint density at radius 2 is 1.83 bits per heavy atom. The molecule has 24 heavy (non-hydrogen) atoms. The van der Waals surface area contributed by atoms with E-state index in [1.807, 2.05) is 24.3 Å². The molecule has 1 aromatic rings. The highest BCUT2D eigenvalue weighted by molar-refractivity contribution is 5.97. The molecule has 1 aliphatic carbocycles. The number of benzene rings is 1. The maximum absolute atomic E-state index is 12.2. The summed E-state index contributed by atoms with van der Waals surface area (Å²) in [5.41, 5.74) is 1.56. The second kappa shape index (κ2) is 8.32. The molecule has 0 unspecified atom stereocenters. The Hall–Kier alpha value is -1.84. The van der Waals surface area contributed by atoms with Crippen LogP contribution in [0.4, 0.5) is 5.69 Å². The molecule has 2 fully saturated rings. The molecule has 1 saturated heterocycles. The molecule has 1 aliphatic heterocycles. The molecule has 2 amide bonds. The minimum absolute atomic E-state index is 0.0158. The fraction of sp³-hybridized carbons (Fsp3) is 0.600. The summed E-state index contributed by atoms with van der Waals surface area (Å²) in [6.07, 6.45) is 10.7. The van der Waals surface area contributed by atoms with Crippen molar-refractivity contribution in [3.8, 4) is 0 Å². The highest BCUT2D eigenvalue weighted by Crippen LogP contribution is 2.27. The van der Waals surface area contributed by atoms with E-state index in [9.17, 15) is 9.59 Å². The third-order valence-corrected chi connectivity index (χ3v) is 5.31. The quantitative estimate of drug-likeness (QED) is 0.805. The molecule has 1 heterocycles. The van der Waals surface area contributed by atoms with E-state index in [0.717, 1.165) is 37.5 Å². The van der Waals surface area contributed by atoms with Gasteiger partial charge in [0, 0.05) is 30.8 Å². The fourth-order valence-corrected chi connectivity index (χ4v) is 3.88. The summed E-state index contributed by atoms with van der Waals surface area (Å²) < 4.78 is 0. The Morgan fingerprint density at radius 3 is 2.50 bits per heavy atom. The molecule has 3 rings (SSSR count). The molecular weight excluding hydrogens is 300 g/mol. The van der Waals surface area contributed by atoms with Crippen LogP contribution in [0.5, 0.6) is 0 Å². The molecule has 1 aromatic carbocycles. The Bertz CT molecular complexity index is 562. The number of nitrogens with one attached hydrogen (secondary N) is 1. The lowest BCUT2D eigenvalue weighted by atomic mass is 9.86. The van der Waals surface area contributed by atoms with E-state index in [1.165, 1.54) is 38.5 Å². The number of rotatable bonds is 6. The average Bonchev–Trinajstić information content (AvgIpc) is 3.05. The predicted octanol–water partition coefficient (Wildman–Crippen LogP) is 3.90. The molecule has 1 saturated carbocycles. The second-order valence-electron chi connectivity index (χ2n) is 7.10. The van der Waals surface area contributed by atoms with Crippen molar-refractivity contribution in [1.29, 1.82) is 0 Å². The first-order valence-electron chi connectivity index (χ1n) is 9.42. The van der Waals surface area contributed by atoms with Crippen molar-refractivity contribution in [2.24, 2.45) is 5.92 Å². The van der Waals surface area contributed by atoms with E-state index in [2.05, 4.69) is 5.32 Å². The van der Waals surface area contributed by atoms with E-state index >= 15 is 0 Å². The molecule has 130 valence electrons. The van der Waals surface area contributed by atoms with Gasteiger partial charge in [-0.05, 0) is 49.4 Å². The number of carbonyl (C=O) groups excluding carboxylic acids is 2. The van der Waals surface area contributed by atoms with Crippen molar-refractivity contribution < 1.29 is 9.59 Å². The molecule has 1 N–H and O–H groups in total. The summed E-state index contributed by atoms with van der Waals surface area (Å²) in [6, 6.07) is 7.38. The van der Waals surface area contributed by atoms with Crippen LogP contribution in [0.3, 0.4) is 0 Å². The minimum atomic E-state index is -0.0158. The first kappa shape index (κ1) is 17.0. The third kappa shape index (κ3) is 4.37. The summed E-state index contributed by atoms with van der Waals surface area (Å²) in [6.45, 7) is 1.53. The summed E-state index contributed by atoms with van der Waals surface area (Å²) in [4.78, 5) is 25.7. The van der Waals surface area contributed by atoms with Crippen molar-refractivity contribution in [3.63, 3.8) is 0 Å². The Labute approximate surface area is 144 Å². The van der Waals surface area contributed by atoms with Gasteiger partial charge < -0.3 is 10.2 Å². The zero-order valence-electron chi connectivity index (χ0n) is 14.4. The van der Waals surface area contributed by atoms with E-state index in [0.29, 0.717) is 12.0 Å². The molecular formula is C20H28N2O2. The first-order valence-corrected chi connectivity index (χ1v) is 9.42. The van der Waals surface area contributed by atoms with Crippen LogP contribution in [0.2, 0.25) is 0 Å². The van der Waals surface area contributed by atoms with Crippen LogP contribution < -0.4 is 10.2 Å². The van der Waals surface area contributed by atoms with Crippen molar-refractivity contribution in [2.75, 3.05) is 18.0 Å². The van der Waals surface area contributed by atoms with Gasteiger partial charge in [0.05, 0.1) is 0 Å². The summed E-state index contributed by atoms with van der Waals surface area (Å²) in [5, 5.41) is 3.02. The third-order valence-electron chi connectivity index (χ3n) is 5.31. The lowest BCUT2D eigenvalue weighted by molar-refractivity contribution is -0.117. The molecule has 0 aromatic heterocycles. The van der Waals surface area contributed by atoms with Gasteiger partial charge in [-0.3, -0.25) is 9.59 Å². The molecule has 4 heteroatoms. The second-order valence-corrected chi connectivity index (χ2v) is 7.10. The van der Waals surface area contributed by atoms with Gasteiger partial charge in [0.1, 0.15) is 0 Å². The van der Waals surface area contributed by atoms with Crippen molar-refractivity contribution in [3.05, 3.63) is 29.8 Å². The van der Waals surface area contributed by atoms with Crippen molar-refractivity contribution in [2.45, 2.75) is 57.8 Å². The number of carbonyl (C=O) groups is 2. The molecule has 2 aliphatic rings. The van der Waals surface area contributed by atoms with E-state index in [1.54, 1.807) is 4.90 Å². The smallest absolute Gasteiger partial charge is 0.251 e. The minimum Gasteiger partial charge on any atom is -0.352 e. The van der Waals surface area contributed by atoms with Gasteiger partial charge in [-0.15, -0.1) is 0 Å². The number of hydrogen-bond acceptors (Lipinski definition) is 2. The highest BCUT2D eigenvalue weighted by Gasteiger charge is 2.21. The molecule has 0 radical (unpaired) electrons. The summed E-state index contributed by atoms with van der Waals surface area (Å²) in [5.74, 6) is 1.03. The predicted molar refractivity (Wildman–Crippen MR) is 96.2 cm³/mol. The van der Waals surface area contributed by atoms with Crippen LogP contribution in [0, 0.1) is 5.92 Å². The Kier molecular flexibility index (Phi) is 5.89. The molecule has 4 nitrogen and oxygen atoms in total. The van der Waals surface area contributed by atoms with Crippen LogP contribution in [0.1, 0.15) is 68.1 Å². The number of anilines is 1. The number of hydrogen-bond donors (Lipinski definition) is 1. The SMILES string of the molecule is O=C(NCCCC1CCCCC1)c1ccc(N2CCCC2=O)cc1. The van der Waals surface area contributed by atoms with Gasteiger partial charge in [-0.25, -0.2) is 0 Å². The highest BCUT2D eigenvalue weighted by atomic mass is 16.2. The van der Waals surface area contributed by atoms with Gasteiger partial charge in [-0.2, -0.15) is 0 Å². The van der Waals surface area contributed by atoms with Crippen molar-refractivity contribution >= 4 is 17.5 Å². The Balaban J connectivity index is 1.42. The lowest BCUT2D eigenvalue weighted by Gasteiger charge is -2.21. The van der Waals surface area contributed by atoms with E-state index in [-0.39, 0.29) is 11.8 Å². The van der Waals surface area contributed by atoms with Crippen LogP contribution in [0.25, 0.3) is 0 Å². The Morgan fingerprint density at radius 1 is 1.08 bits per heavy atom. The summed E-state index contributed by atoms with van der Waals surface area (Å²) >= 11 is 0. The molecule has 0 bridgehead atoms. The van der Waals surface area contributed by atoms with Crippen LogP contribution >= 0.6 is 0 Å². The van der Waals surface area contributed by atoms with Gasteiger partial charge in [0.2, 0.25) is 5.91 Å². The number of amides is 2. The largest absolute Gasteiger partial charge is 0.352 e. The van der Waals surface area contributed by atoms with E-state index < -0.39 is 0 Å². The monoisotopic (exact) mass is 328 g/mol. The lowest BCUT2D eigenvalue weighted by Crippen LogP contribution is -2.26. The summed E-state index contributed by atoms with van der Waals surface area (Å²) in [7, 11) is 0. The van der Waals surface area contributed by atoms with Crippen LogP contribution in [0.15, 0.2) is 24.3 Å². The average molecular weight is 328 g/mol. The maximum atomic E-state index is 12.2. The molecule has 0 atom stereocenters. The van der Waals surface area contributed by atoms with Crippen LogP contribution in [-0.2, 0) is 4.79 Å². The van der Waals surface area contributed by atoms with Crippen LogP contribution in [-0.4, -0.2) is 24.9 Å². The zero-order valence-corrected chi connectivity index (χ0v) is 14.4. The standard InChI is InChI=1S/C20H28N2O2/c23-19-9-5-15-22(19)18-12-10-17(11-13-18)20(24)21-14-4-8-16-6-2-1-3-7-16/h10-13,16H,1-9,14-15H2,(H,21,24). The normalized spacial score (nSPS) is 18.8. The van der Waals surface area contributed by atoms with Gasteiger partial charge in [0.25, 0.3) is 5.91 Å². The maximum Gasteiger partial charge on any atom is 0.251 e. The van der Waals surface area contributed by atoms with Gasteiger partial charge in [-0.1, -0.05) is 32.1 Å². The topological polar surface area (TPSA) is 49.4 Å². The fourth-order valence-electron chi connectivity index (χ4n) is 3.88. The zero-order chi connectivity index (χ0) is 16.8. The van der Waals surface area contributed by atoms with Gasteiger partial charge >= 0.3 is 0 Å².